The van der Waals surface area contributed by atoms with Gasteiger partial charge in [0.15, 0.2) is 23.1 Å². The molecule has 0 N–H and O–H groups in total. The van der Waals surface area contributed by atoms with E-state index < -0.39 is 23.7 Å². The van der Waals surface area contributed by atoms with Crippen molar-refractivity contribution in [2.75, 3.05) is 14.2 Å². The van der Waals surface area contributed by atoms with Crippen molar-refractivity contribution in [1.29, 1.82) is 0 Å². The van der Waals surface area contributed by atoms with Crippen LogP contribution in [-0.2, 0) is 37.1 Å². The third kappa shape index (κ3) is 7.45. The molecule has 2 rings (SSSR count). The van der Waals surface area contributed by atoms with E-state index in [9.17, 15) is 14.4 Å². The zero-order valence-corrected chi connectivity index (χ0v) is 21.5. The van der Waals surface area contributed by atoms with Crippen molar-refractivity contribution >= 4 is 17.9 Å². The van der Waals surface area contributed by atoms with Crippen LogP contribution in [0.1, 0.15) is 31.9 Å². The fraction of sp³-hybridized carbons (Fsp3) is 0.250. The fourth-order valence-electron chi connectivity index (χ4n) is 3.02. The molecule has 0 radical (unpaired) electrons. The summed E-state index contributed by atoms with van der Waals surface area (Å²) in [6, 6.07) is 5.71. The summed E-state index contributed by atoms with van der Waals surface area (Å²) in [5, 5.41) is 0. The first-order valence-corrected chi connectivity index (χ1v) is 11.0. The molecule has 0 amide bonds. The van der Waals surface area contributed by atoms with Crippen LogP contribution in [0.15, 0.2) is 60.7 Å². The van der Waals surface area contributed by atoms with Crippen LogP contribution in [0.2, 0.25) is 0 Å². The zero-order valence-electron chi connectivity index (χ0n) is 21.5. The van der Waals surface area contributed by atoms with Crippen molar-refractivity contribution in [1.82, 2.24) is 0 Å². The molecule has 0 saturated carbocycles. The minimum atomic E-state index is -0.828. The van der Waals surface area contributed by atoms with Crippen molar-refractivity contribution in [3.05, 3.63) is 77.7 Å². The predicted octanol–water partition coefficient (Wildman–Crippen LogP) is 5.23. The lowest BCUT2D eigenvalue weighted by Crippen LogP contribution is -2.14. The Morgan fingerprint density at radius 1 is 0.676 bits per heavy atom. The molecule has 0 fully saturated rings. The molecule has 37 heavy (non-hydrogen) atoms. The van der Waals surface area contributed by atoms with E-state index in [-0.39, 0.29) is 52.7 Å². The lowest BCUT2D eigenvalue weighted by atomic mass is 9.99. The van der Waals surface area contributed by atoms with Gasteiger partial charge in [-0.15, -0.1) is 0 Å². The molecule has 2 aromatic rings. The molecular formula is C28H29FO8. The van der Waals surface area contributed by atoms with Crippen molar-refractivity contribution in [2.45, 2.75) is 34.0 Å². The summed E-state index contributed by atoms with van der Waals surface area (Å²) in [6.07, 6.45) is 0. The summed E-state index contributed by atoms with van der Waals surface area (Å²) < 4.78 is 41.7. The first-order valence-electron chi connectivity index (χ1n) is 11.0. The molecule has 0 atom stereocenters. The van der Waals surface area contributed by atoms with Gasteiger partial charge in [0, 0.05) is 42.1 Å². The average Bonchev–Trinajstić information content (AvgIpc) is 2.82. The van der Waals surface area contributed by atoms with Crippen molar-refractivity contribution < 1.29 is 42.5 Å². The number of benzene rings is 2. The van der Waals surface area contributed by atoms with Crippen LogP contribution in [0, 0.1) is 5.82 Å². The molecule has 0 aromatic heterocycles. The molecule has 2 aromatic carbocycles. The average molecular weight is 513 g/mol. The van der Waals surface area contributed by atoms with E-state index in [0.29, 0.717) is 16.7 Å². The molecule has 0 bridgehead atoms. The lowest BCUT2D eigenvalue weighted by molar-refractivity contribution is -0.132. The van der Waals surface area contributed by atoms with Crippen molar-refractivity contribution in [2.24, 2.45) is 0 Å². The van der Waals surface area contributed by atoms with E-state index in [1.54, 1.807) is 12.1 Å². The maximum Gasteiger partial charge on any atom is 0.338 e. The minimum absolute atomic E-state index is 0.0357. The van der Waals surface area contributed by atoms with Gasteiger partial charge in [0.05, 0.1) is 13.2 Å². The number of carbonyl (C=O) groups is 3. The first kappa shape index (κ1) is 29.2. The van der Waals surface area contributed by atoms with Gasteiger partial charge in [0.1, 0.15) is 0 Å². The SMILES string of the molecule is C=C(C)C(=O)Oc1cc(-c2cc(F)c(OC(=O)C(=C)C)c(COC)c2)cc(COC)c1OC(=O)C(=C)C. The lowest BCUT2D eigenvalue weighted by Gasteiger charge is -2.18. The zero-order chi connectivity index (χ0) is 27.9. The first-order chi connectivity index (χ1) is 17.4. The standard InChI is InChI=1S/C28H29FO8/c1-15(2)26(30)35-23-12-19(10-21(14-34-8)25(23)37-28(32)17(5)6)18-9-20(13-33-7)24(22(29)11-18)36-27(31)16(3)4/h9-12H,1,3,5,13-14H2,2,4,6-8H3. The summed E-state index contributed by atoms with van der Waals surface area (Å²) in [7, 11) is 2.84. The minimum Gasteiger partial charge on any atom is -0.420 e. The number of carbonyl (C=O) groups excluding carboxylic acids is 3. The Morgan fingerprint density at radius 3 is 1.54 bits per heavy atom. The fourth-order valence-corrected chi connectivity index (χ4v) is 3.02. The molecule has 8 nitrogen and oxygen atoms in total. The van der Waals surface area contributed by atoms with Crippen molar-refractivity contribution in [3.8, 4) is 28.4 Å². The highest BCUT2D eigenvalue weighted by molar-refractivity contribution is 5.92. The summed E-state index contributed by atoms with van der Waals surface area (Å²) in [4.78, 5) is 36.7. The monoisotopic (exact) mass is 512 g/mol. The van der Waals surface area contributed by atoms with Gasteiger partial charge in [-0.3, -0.25) is 0 Å². The number of ether oxygens (including phenoxy) is 5. The van der Waals surface area contributed by atoms with Crippen LogP contribution in [0.3, 0.4) is 0 Å². The van der Waals surface area contributed by atoms with E-state index in [0.717, 1.165) is 6.07 Å². The summed E-state index contributed by atoms with van der Waals surface area (Å²) in [5.74, 6) is -3.58. The van der Waals surface area contributed by atoms with Crippen LogP contribution in [0.5, 0.6) is 17.2 Å². The Kier molecular flexibility index (Phi) is 10.0. The third-order valence-corrected chi connectivity index (χ3v) is 4.82. The number of hydrogen-bond acceptors (Lipinski definition) is 8. The van der Waals surface area contributed by atoms with Gasteiger partial charge in [0.25, 0.3) is 0 Å². The normalized spacial score (nSPS) is 10.4. The number of esters is 3. The highest BCUT2D eigenvalue weighted by atomic mass is 19.1. The second-order valence-corrected chi connectivity index (χ2v) is 8.28. The second kappa shape index (κ2) is 12.8. The molecule has 9 heteroatoms. The van der Waals surface area contributed by atoms with Gasteiger partial charge in [-0.05, 0) is 56.2 Å². The molecule has 0 aliphatic rings. The number of hydrogen-bond donors (Lipinski definition) is 0. The quantitative estimate of drug-likeness (QED) is 0.229. The number of rotatable bonds is 11. The van der Waals surface area contributed by atoms with Crippen LogP contribution in [0.4, 0.5) is 4.39 Å². The second-order valence-electron chi connectivity index (χ2n) is 8.28. The van der Waals surface area contributed by atoms with E-state index >= 15 is 4.39 Å². The topological polar surface area (TPSA) is 97.4 Å². The van der Waals surface area contributed by atoms with E-state index in [2.05, 4.69) is 19.7 Å². The Hall–Kier alpha value is -4.08. The molecule has 0 aliphatic carbocycles. The predicted molar refractivity (Wildman–Crippen MR) is 135 cm³/mol. The van der Waals surface area contributed by atoms with E-state index in [1.165, 1.54) is 41.1 Å². The summed E-state index contributed by atoms with van der Waals surface area (Å²) in [5.41, 5.74) is 1.64. The van der Waals surface area contributed by atoms with Gasteiger partial charge in [-0.1, -0.05) is 19.7 Å². The van der Waals surface area contributed by atoms with E-state index in [1.807, 2.05) is 0 Å². The van der Waals surface area contributed by atoms with Crippen LogP contribution < -0.4 is 14.2 Å². The Bertz CT molecular complexity index is 1280. The Morgan fingerprint density at radius 2 is 1.08 bits per heavy atom. The van der Waals surface area contributed by atoms with Crippen molar-refractivity contribution in [3.63, 3.8) is 0 Å². The van der Waals surface area contributed by atoms with Crippen LogP contribution in [-0.4, -0.2) is 32.1 Å². The Balaban J connectivity index is 2.76. The molecule has 196 valence electrons. The summed E-state index contributed by atoms with van der Waals surface area (Å²) >= 11 is 0. The highest BCUT2D eigenvalue weighted by Crippen LogP contribution is 2.40. The molecule has 0 saturated heterocycles. The number of methoxy groups -OCH3 is 2. The largest absolute Gasteiger partial charge is 0.420 e. The van der Waals surface area contributed by atoms with E-state index in [4.69, 9.17) is 23.7 Å². The maximum atomic E-state index is 15.2. The van der Waals surface area contributed by atoms with Crippen LogP contribution >= 0.6 is 0 Å². The van der Waals surface area contributed by atoms with Gasteiger partial charge >= 0.3 is 17.9 Å². The van der Waals surface area contributed by atoms with Gasteiger partial charge in [0.2, 0.25) is 0 Å². The van der Waals surface area contributed by atoms with Gasteiger partial charge < -0.3 is 23.7 Å². The number of halogens is 1. The molecule has 0 heterocycles. The van der Waals surface area contributed by atoms with Crippen LogP contribution in [0.25, 0.3) is 11.1 Å². The molecule has 0 aliphatic heterocycles. The Labute approximate surface area is 214 Å². The maximum absolute atomic E-state index is 15.2. The highest BCUT2D eigenvalue weighted by Gasteiger charge is 2.23. The third-order valence-electron chi connectivity index (χ3n) is 4.82. The van der Waals surface area contributed by atoms with Gasteiger partial charge in [-0.25, -0.2) is 18.8 Å². The smallest absolute Gasteiger partial charge is 0.338 e. The molecule has 0 spiro atoms. The summed E-state index contributed by atoms with van der Waals surface area (Å²) in [6.45, 7) is 14.9. The van der Waals surface area contributed by atoms with Gasteiger partial charge in [-0.2, -0.15) is 0 Å². The molecule has 0 unspecified atom stereocenters. The molecular weight excluding hydrogens is 483 g/mol.